The molecule has 0 aromatic heterocycles. The zero-order valence-electron chi connectivity index (χ0n) is 16.0. The summed E-state index contributed by atoms with van der Waals surface area (Å²) in [6, 6.07) is 13.4. The molecule has 2 nitrogen and oxygen atoms in total. The molecule has 0 spiro atoms. The van der Waals surface area contributed by atoms with Crippen LogP contribution >= 0.6 is 0 Å². The standard InChI is InChI=1S/2C10H14N.2FH.Hf/c2*1-4-11-10-7-5-6-8(2)9(10)3;;;/h2*5-7H,4H2,1-3H3;2*1H;/q2*-1;;;+4/p-2. The van der Waals surface area contributed by atoms with Crippen LogP contribution in [0.5, 0.6) is 0 Å². The van der Waals surface area contributed by atoms with Crippen LogP contribution < -0.4 is 15.2 Å². The van der Waals surface area contributed by atoms with Crippen molar-refractivity contribution in [1.29, 1.82) is 0 Å². The van der Waals surface area contributed by atoms with Gasteiger partial charge in [-0.05, 0) is 0 Å². The van der Waals surface area contributed by atoms with Crippen LogP contribution in [0, 0.1) is 27.7 Å². The number of rotatable bonds is 6. The average molecular weight is 513 g/mol. The smallest absolute Gasteiger partial charge is 1.00 e. The van der Waals surface area contributed by atoms with E-state index in [1.165, 1.54) is 33.6 Å². The number of hydrogen-bond donors (Lipinski definition) is 0. The summed E-state index contributed by atoms with van der Waals surface area (Å²) in [6.45, 7) is 15.7. The Balaban J connectivity index is 0.00000288. The van der Waals surface area contributed by atoms with Crippen molar-refractivity contribution in [3.05, 3.63) is 58.7 Å². The number of hydrogen-bond acceptors (Lipinski definition) is 2. The molecule has 0 aliphatic heterocycles. The minimum atomic E-state index is -1.16. The molecule has 0 aliphatic rings. The Hall–Kier alpha value is -1.23. The van der Waals surface area contributed by atoms with Crippen LogP contribution in [-0.2, 0) is 23.5 Å². The van der Waals surface area contributed by atoms with Crippen LogP contribution in [0.3, 0.4) is 0 Å². The summed E-state index contributed by atoms with van der Waals surface area (Å²) in [5.41, 5.74) is 8.50. The van der Waals surface area contributed by atoms with E-state index in [0.717, 1.165) is 13.1 Å². The van der Waals surface area contributed by atoms with E-state index in [0.29, 0.717) is 0 Å². The van der Waals surface area contributed by atoms with Gasteiger partial charge in [0.15, 0.2) is 0 Å². The monoisotopic (exact) mass is 514 g/mol. The van der Waals surface area contributed by atoms with E-state index in [2.05, 4.69) is 83.7 Å². The van der Waals surface area contributed by atoms with Gasteiger partial charge in [-0.1, -0.05) is 0 Å². The quantitative estimate of drug-likeness (QED) is 0.468. The Labute approximate surface area is 163 Å². The van der Waals surface area contributed by atoms with E-state index in [1.54, 1.807) is 0 Å². The molecular weight excluding hydrogens is 485 g/mol. The normalized spacial score (nSPS) is 9.52. The van der Waals surface area contributed by atoms with Crippen molar-refractivity contribution >= 4 is 11.4 Å². The van der Waals surface area contributed by atoms with Gasteiger partial charge in [0.1, 0.15) is 0 Å². The third kappa shape index (κ3) is 5.37. The zero-order chi connectivity index (χ0) is 17.0. The topological polar surface area (TPSA) is 6.48 Å². The van der Waals surface area contributed by atoms with Crippen LogP contribution in [-0.4, -0.2) is 13.1 Å². The van der Waals surface area contributed by atoms with E-state index in [9.17, 15) is 0 Å². The molecule has 0 heterocycles. The fourth-order valence-corrected chi connectivity index (χ4v) is 7.37. The molecule has 0 radical (unpaired) electrons. The van der Waals surface area contributed by atoms with E-state index >= 15 is 0 Å². The first-order valence-corrected chi connectivity index (χ1v) is 11.6. The molecule has 0 atom stereocenters. The van der Waals surface area contributed by atoms with Crippen molar-refractivity contribution in [2.75, 3.05) is 18.9 Å². The van der Waals surface area contributed by atoms with Gasteiger partial charge in [-0.2, -0.15) is 0 Å². The largest absolute Gasteiger partial charge is 1.00 e. The molecule has 0 fully saturated rings. The Morgan fingerprint density at radius 3 is 1.36 bits per heavy atom. The van der Waals surface area contributed by atoms with Gasteiger partial charge in [0.25, 0.3) is 0 Å². The SMILES string of the molecule is CC[N]([Hf+2][N](CC)c1cccc(C)c1C)c1cccc(C)c1C.[F-].[F-]. The van der Waals surface area contributed by atoms with Crippen molar-refractivity contribution in [2.45, 2.75) is 41.5 Å². The molecule has 0 unspecified atom stereocenters. The molecular formula is C20H28F2HfN2. The number of nitrogens with zero attached hydrogens (tertiary/aromatic N) is 2. The second-order valence-electron chi connectivity index (χ2n) is 6.03. The first kappa shape index (κ1) is 23.8. The second-order valence-corrected chi connectivity index (χ2v) is 10.6. The Morgan fingerprint density at radius 2 is 1.04 bits per heavy atom. The van der Waals surface area contributed by atoms with Gasteiger partial charge in [0.05, 0.1) is 0 Å². The molecule has 0 saturated carbocycles. The van der Waals surface area contributed by atoms with Crippen molar-refractivity contribution in [3.63, 3.8) is 0 Å². The van der Waals surface area contributed by atoms with Crippen LogP contribution in [0.4, 0.5) is 11.4 Å². The molecule has 5 heteroatoms. The molecule has 0 bridgehead atoms. The van der Waals surface area contributed by atoms with Crippen LogP contribution in [0.15, 0.2) is 36.4 Å². The van der Waals surface area contributed by atoms with Gasteiger partial charge in [0, 0.05) is 0 Å². The predicted molar refractivity (Wildman–Crippen MR) is 97.9 cm³/mol. The fraction of sp³-hybridized carbons (Fsp3) is 0.400. The van der Waals surface area contributed by atoms with E-state index in [1.807, 2.05) is 0 Å². The van der Waals surface area contributed by atoms with Crippen molar-refractivity contribution < 1.29 is 32.9 Å². The summed E-state index contributed by atoms with van der Waals surface area (Å²) in [5, 5.41) is 0. The summed E-state index contributed by atoms with van der Waals surface area (Å²) in [5.74, 6) is 0. The minimum absolute atomic E-state index is 0. The summed E-state index contributed by atoms with van der Waals surface area (Å²) < 4.78 is 5.32. The zero-order valence-corrected chi connectivity index (χ0v) is 19.6. The summed E-state index contributed by atoms with van der Waals surface area (Å²) >= 11 is -1.16. The first-order valence-electron chi connectivity index (χ1n) is 8.43. The second kappa shape index (κ2) is 10.7. The Bertz CT molecular complexity index is 619. The van der Waals surface area contributed by atoms with Gasteiger partial charge < -0.3 is 9.41 Å². The third-order valence-electron chi connectivity index (χ3n) is 4.61. The number of halogens is 2. The molecule has 25 heavy (non-hydrogen) atoms. The van der Waals surface area contributed by atoms with Gasteiger partial charge in [-0.15, -0.1) is 0 Å². The fourth-order valence-electron chi connectivity index (χ4n) is 2.79. The molecule has 2 rings (SSSR count). The Morgan fingerprint density at radius 1 is 0.680 bits per heavy atom. The molecule has 0 N–H and O–H groups in total. The maximum Gasteiger partial charge on any atom is -1.00 e. The van der Waals surface area contributed by atoms with Gasteiger partial charge >= 0.3 is 154 Å². The minimum Gasteiger partial charge on any atom is -1.00 e. The van der Waals surface area contributed by atoms with Crippen LogP contribution in [0.25, 0.3) is 0 Å². The van der Waals surface area contributed by atoms with Crippen LogP contribution in [0.2, 0.25) is 0 Å². The van der Waals surface area contributed by atoms with Crippen molar-refractivity contribution in [1.82, 2.24) is 0 Å². The van der Waals surface area contributed by atoms with Crippen molar-refractivity contribution in [3.8, 4) is 0 Å². The van der Waals surface area contributed by atoms with Crippen LogP contribution in [0.1, 0.15) is 36.1 Å². The maximum absolute atomic E-state index is 2.66. The molecule has 2 aromatic carbocycles. The first-order chi connectivity index (χ1) is 11.0. The molecule has 2 aromatic rings. The van der Waals surface area contributed by atoms with Gasteiger partial charge in [-0.25, -0.2) is 0 Å². The van der Waals surface area contributed by atoms with Gasteiger partial charge in [-0.3, -0.25) is 0 Å². The average Bonchev–Trinajstić information content (AvgIpc) is 2.55. The Kier molecular flexibility index (Phi) is 10.2. The maximum atomic E-state index is 2.66. The molecule has 0 amide bonds. The predicted octanol–water partition coefficient (Wildman–Crippen LogP) is -0.806. The molecule has 0 aliphatic carbocycles. The van der Waals surface area contributed by atoms with E-state index < -0.39 is 23.5 Å². The van der Waals surface area contributed by atoms with E-state index in [4.69, 9.17) is 0 Å². The summed E-state index contributed by atoms with van der Waals surface area (Å²) in [4.78, 5) is 0. The number of benzene rings is 2. The molecule has 136 valence electrons. The van der Waals surface area contributed by atoms with Crippen molar-refractivity contribution in [2.24, 2.45) is 0 Å². The molecule has 0 saturated heterocycles. The van der Waals surface area contributed by atoms with Gasteiger partial charge in [0.2, 0.25) is 0 Å². The number of anilines is 2. The number of aryl methyl sites for hydroxylation is 2. The summed E-state index contributed by atoms with van der Waals surface area (Å²) in [6.07, 6.45) is 0. The van der Waals surface area contributed by atoms with E-state index in [-0.39, 0.29) is 9.41 Å². The third-order valence-corrected chi connectivity index (χ3v) is 10.3. The summed E-state index contributed by atoms with van der Waals surface area (Å²) in [7, 11) is 0.